The van der Waals surface area contributed by atoms with Gasteiger partial charge in [0.1, 0.15) is 0 Å². The van der Waals surface area contributed by atoms with Gasteiger partial charge in [-0.3, -0.25) is 9.52 Å². The summed E-state index contributed by atoms with van der Waals surface area (Å²) >= 11 is 0. The number of aliphatic hydroxyl groups excluding tert-OH is 1. The quantitative estimate of drug-likeness (QED) is 0.273. The zero-order valence-electron chi connectivity index (χ0n) is 22.0. The number of sulfone groups is 1. The molecule has 3 aromatic carbocycles. The first kappa shape index (κ1) is 28.0. The highest BCUT2D eigenvalue weighted by atomic mass is 32.2. The topological polar surface area (TPSA) is 108 Å². The number of amides is 1. The predicted molar refractivity (Wildman–Crippen MR) is 157 cm³/mol. The van der Waals surface area contributed by atoms with Crippen LogP contribution in [-0.2, 0) is 16.3 Å². The van der Waals surface area contributed by atoms with Crippen LogP contribution in [0.4, 0.5) is 11.4 Å². The summed E-state index contributed by atoms with van der Waals surface area (Å²) in [6.07, 6.45) is 1.80. The number of hydrogen-bond donors (Lipinski definition) is 4. The van der Waals surface area contributed by atoms with Gasteiger partial charge in [0.05, 0.1) is 17.3 Å². The maximum atomic E-state index is 13.2. The number of fused-ring (bicyclic) bond motifs is 1. The molecule has 0 radical (unpaired) electrons. The predicted octanol–water partition coefficient (Wildman–Crippen LogP) is 5.17. The molecule has 0 saturated carbocycles. The third-order valence-electron chi connectivity index (χ3n) is 6.59. The van der Waals surface area contributed by atoms with Crippen LogP contribution in [0.2, 0.25) is 0 Å². The molecule has 1 amide bonds. The van der Waals surface area contributed by atoms with E-state index in [-0.39, 0.29) is 28.1 Å². The lowest BCUT2D eigenvalue weighted by Crippen LogP contribution is -2.40. The van der Waals surface area contributed by atoms with Gasteiger partial charge in [0.2, 0.25) is 0 Å². The molecule has 0 bridgehead atoms. The summed E-state index contributed by atoms with van der Waals surface area (Å²) in [4.78, 5) is 14.4. The Morgan fingerprint density at radius 1 is 1.13 bits per heavy atom. The summed E-state index contributed by atoms with van der Waals surface area (Å²) < 4.78 is 28.3. The van der Waals surface area contributed by atoms with Crippen molar-refractivity contribution in [2.24, 2.45) is 0 Å². The Balaban J connectivity index is 1.57. The van der Waals surface area contributed by atoms with Crippen molar-refractivity contribution in [3.63, 3.8) is 0 Å². The average molecular weight is 554 g/mol. The molecule has 4 N–H and O–H groups in total. The maximum absolute atomic E-state index is 13.2. The van der Waals surface area contributed by atoms with Gasteiger partial charge in [0.15, 0.2) is 9.84 Å². The lowest BCUT2D eigenvalue weighted by Gasteiger charge is -2.39. The highest BCUT2D eigenvalue weighted by molar-refractivity contribution is 8.12. The summed E-state index contributed by atoms with van der Waals surface area (Å²) in [7, 11) is -4.07. The zero-order chi connectivity index (χ0) is 27.5. The van der Waals surface area contributed by atoms with Crippen molar-refractivity contribution in [3.8, 4) is 0 Å². The lowest BCUT2D eigenvalue weighted by molar-refractivity contribution is 0.102. The van der Waals surface area contributed by atoms with Crippen LogP contribution in [0, 0.1) is 0 Å². The van der Waals surface area contributed by atoms with Gasteiger partial charge in [-0.25, -0.2) is 8.42 Å². The number of nitrogens with one attached hydrogen (secondary N) is 3. The fourth-order valence-corrected chi connectivity index (χ4v) is 6.81. The molecule has 1 unspecified atom stereocenters. The van der Waals surface area contributed by atoms with Gasteiger partial charge in [-0.15, -0.1) is 0 Å². The van der Waals surface area contributed by atoms with Crippen molar-refractivity contribution >= 4 is 43.7 Å². The number of rotatable bonds is 9. The van der Waals surface area contributed by atoms with Crippen molar-refractivity contribution in [3.05, 3.63) is 83.4 Å². The van der Waals surface area contributed by atoms with Gasteiger partial charge in [-0.2, -0.15) is 0 Å². The lowest BCUT2D eigenvalue weighted by atomic mass is 9.85. The molecule has 2 atom stereocenters. The Morgan fingerprint density at radius 3 is 2.55 bits per heavy atom. The number of anilines is 2. The molecule has 9 heteroatoms. The molecule has 0 fully saturated rings. The highest BCUT2D eigenvalue weighted by Gasteiger charge is 2.32. The van der Waals surface area contributed by atoms with Crippen LogP contribution in [0.1, 0.15) is 54.7 Å². The third-order valence-corrected chi connectivity index (χ3v) is 9.69. The van der Waals surface area contributed by atoms with E-state index >= 15 is 0 Å². The van der Waals surface area contributed by atoms with E-state index in [0.29, 0.717) is 11.3 Å². The van der Waals surface area contributed by atoms with Crippen LogP contribution in [-0.4, -0.2) is 43.2 Å². The van der Waals surface area contributed by atoms with Crippen LogP contribution in [0.15, 0.2) is 76.5 Å². The van der Waals surface area contributed by atoms with Gasteiger partial charge in [-0.05, 0) is 86.3 Å². The molecule has 0 aromatic heterocycles. The molecule has 4 rings (SSSR count). The van der Waals surface area contributed by atoms with Crippen molar-refractivity contribution < 1.29 is 18.3 Å². The Hall–Kier alpha value is -2.98. The number of aryl methyl sites for hydroxylation is 1. The Labute approximate surface area is 227 Å². The first-order valence-electron chi connectivity index (χ1n) is 12.6. The number of carbonyl (C=O) groups is 1. The molecule has 38 heavy (non-hydrogen) atoms. The number of aliphatic hydroxyl groups is 1. The monoisotopic (exact) mass is 553 g/mol. The van der Waals surface area contributed by atoms with E-state index in [0.717, 1.165) is 29.0 Å². The summed E-state index contributed by atoms with van der Waals surface area (Å²) in [5.41, 5.74) is 3.93. The van der Waals surface area contributed by atoms with E-state index in [4.69, 9.17) is 5.11 Å². The zero-order valence-corrected chi connectivity index (χ0v) is 23.6. The average Bonchev–Trinajstić information content (AvgIpc) is 2.88. The van der Waals surface area contributed by atoms with Gasteiger partial charge in [-0.1, -0.05) is 41.7 Å². The largest absolute Gasteiger partial charge is 0.395 e. The Morgan fingerprint density at radius 2 is 1.87 bits per heavy atom. The SMILES string of the molecule is C=S(N[C@H]1CC(C)(C)Nc2ccc(C(=O)Nc3cccc(S(=O)(=O)CCO)c3)cc21)c1ccc(CC)cc1. The van der Waals surface area contributed by atoms with E-state index in [2.05, 4.69) is 66.3 Å². The second-order valence-electron chi connectivity index (χ2n) is 10.1. The number of benzene rings is 3. The molecular weight excluding hydrogens is 518 g/mol. The fourth-order valence-electron chi connectivity index (χ4n) is 4.58. The Bertz CT molecular complexity index is 1450. The molecule has 3 aromatic rings. The smallest absolute Gasteiger partial charge is 0.255 e. The van der Waals surface area contributed by atoms with E-state index in [9.17, 15) is 13.2 Å². The van der Waals surface area contributed by atoms with E-state index in [1.54, 1.807) is 18.2 Å². The molecule has 1 aliphatic heterocycles. The molecule has 1 aliphatic rings. The van der Waals surface area contributed by atoms with Crippen LogP contribution in [0.5, 0.6) is 0 Å². The molecule has 0 saturated heterocycles. The minimum atomic E-state index is -3.63. The molecule has 202 valence electrons. The normalized spacial score (nSPS) is 17.2. The molecule has 7 nitrogen and oxygen atoms in total. The Kier molecular flexibility index (Phi) is 8.42. The summed E-state index contributed by atoms with van der Waals surface area (Å²) in [5.74, 6) is 3.68. The fraction of sp³-hybridized carbons (Fsp3) is 0.310. The van der Waals surface area contributed by atoms with Crippen molar-refractivity contribution in [1.29, 1.82) is 0 Å². The maximum Gasteiger partial charge on any atom is 0.255 e. The highest BCUT2D eigenvalue weighted by Crippen LogP contribution is 2.40. The van der Waals surface area contributed by atoms with Gasteiger partial charge in [0, 0.05) is 33.4 Å². The van der Waals surface area contributed by atoms with Crippen molar-refractivity contribution in [2.75, 3.05) is 23.0 Å². The second kappa shape index (κ2) is 11.4. The number of carbonyl (C=O) groups excluding carboxylic acids is 1. The van der Waals surface area contributed by atoms with Crippen molar-refractivity contribution in [1.82, 2.24) is 4.72 Å². The minimum absolute atomic E-state index is 0.0207. The first-order chi connectivity index (χ1) is 18.0. The standard InChI is InChI=1S/C29H35N3O4S2/c1-5-20-9-12-23(13-10-20)37(4)32-27-19-29(2,3)31-26-14-11-21(17-25(26)27)28(34)30-22-7-6-8-24(18-22)38(35,36)16-15-33/h6-14,17-18,27,31-33H,4-5,15-16,19H2,1-3H3,(H,30,34)/t27-,37?/m0/s1. The molecule has 0 spiro atoms. The minimum Gasteiger partial charge on any atom is -0.395 e. The van der Waals surface area contributed by atoms with E-state index in [1.165, 1.54) is 17.7 Å². The third kappa shape index (κ3) is 6.53. The number of hydrogen-bond acceptors (Lipinski definition) is 6. The van der Waals surface area contributed by atoms with E-state index in [1.807, 2.05) is 12.1 Å². The van der Waals surface area contributed by atoms with Crippen LogP contribution in [0.3, 0.4) is 0 Å². The summed E-state index contributed by atoms with van der Waals surface area (Å²) in [6.45, 7) is 5.97. The molecular formula is C29H35N3O4S2. The van der Waals surface area contributed by atoms with Crippen LogP contribution >= 0.6 is 10.7 Å². The van der Waals surface area contributed by atoms with Crippen LogP contribution < -0.4 is 15.4 Å². The summed E-state index contributed by atoms with van der Waals surface area (Å²) in [5, 5.41) is 15.4. The second-order valence-corrected chi connectivity index (χ2v) is 13.7. The van der Waals surface area contributed by atoms with Gasteiger partial charge < -0.3 is 15.7 Å². The van der Waals surface area contributed by atoms with Crippen LogP contribution in [0.25, 0.3) is 0 Å². The van der Waals surface area contributed by atoms with E-state index < -0.39 is 27.1 Å². The first-order valence-corrected chi connectivity index (χ1v) is 15.6. The van der Waals surface area contributed by atoms with Crippen molar-refractivity contribution in [2.45, 2.75) is 55.0 Å². The van der Waals surface area contributed by atoms with Gasteiger partial charge >= 0.3 is 0 Å². The summed E-state index contributed by atoms with van der Waals surface area (Å²) in [6, 6.07) is 20.1. The molecule has 0 aliphatic carbocycles. The van der Waals surface area contributed by atoms with Gasteiger partial charge in [0.25, 0.3) is 5.91 Å². The molecule has 1 heterocycles.